The van der Waals surface area contributed by atoms with E-state index in [1.807, 2.05) is 6.07 Å². The monoisotopic (exact) mass is 312 g/mol. The van der Waals surface area contributed by atoms with Crippen molar-refractivity contribution in [1.29, 1.82) is 0 Å². The molecule has 3 nitrogen and oxygen atoms in total. The van der Waals surface area contributed by atoms with Gasteiger partial charge in [-0.15, -0.1) is 0 Å². The summed E-state index contributed by atoms with van der Waals surface area (Å²) >= 11 is 3.63. The minimum absolute atomic E-state index is 0.238. The summed E-state index contributed by atoms with van der Waals surface area (Å²) in [5.41, 5.74) is 1.23. The number of hydrogen-bond acceptors (Lipinski definition) is 3. The molecule has 1 aliphatic heterocycles. The highest BCUT2D eigenvalue weighted by Crippen LogP contribution is 2.29. The zero-order valence-corrected chi connectivity index (χ0v) is 12.4. The van der Waals surface area contributed by atoms with E-state index in [1.165, 1.54) is 5.69 Å². The highest BCUT2D eigenvalue weighted by Gasteiger charge is 2.24. The molecule has 2 atom stereocenters. The van der Waals surface area contributed by atoms with Crippen molar-refractivity contribution in [3.8, 4) is 0 Å². The average Bonchev–Trinajstić information content (AvgIpc) is 2.53. The van der Waals surface area contributed by atoms with Crippen LogP contribution in [0.2, 0.25) is 0 Å². The first kappa shape index (κ1) is 13.8. The molecule has 1 saturated heterocycles. The number of halogens is 1. The van der Waals surface area contributed by atoms with Gasteiger partial charge < -0.3 is 15.3 Å². The van der Waals surface area contributed by atoms with Crippen molar-refractivity contribution < 1.29 is 5.11 Å². The number of rotatable bonds is 3. The maximum absolute atomic E-state index is 9.24. The lowest BCUT2D eigenvalue weighted by Gasteiger charge is -2.33. The fourth-order valence-electron chi connectivity index (χ4n) is 2.54. The van der Waals surface area contributed by atoms with Gasteiger partial charge in [0.25, 0.3) is 0 Å². The lowest BCUT2D eigenvalue weighted by molar-refractivity contribution is 0.272. The lowest BCUT2D eigenvalue weighted by Crippen LogP contribution is -2.41. The number of para-hydroxylation sites is 1. The van der Waals surface area contributed by atoms with Crippen molar-refractivity contribution in [2.24, 2.45) is 5.92 Å². The van der Waals surface area contributed by atoms with E-state index in [2.05, 4.69) is 51.3 Å². The summed E-state index contributed by atoms with van der Waals surface area (Å²) in [5, 5.41) is 12.7. The number of hydrogen-bond donors (Lipinski definition) is 2. The molecule has 0 radical (unpaired) electrons. The molecule has 1 heterocycles. The minimum atomic E-state index is 0.238. The first-order chi connectivity index (χ1) is 8.72. The molecule has 2 N–H and O–H groups in total. The summed E-state index contributed by atoms with van der Waals surface area (Å²) in [6.07, 6.45) is 0.807. The normalized spacial score (nSPS) is 24.9. The summed E-state index contributed by atoms with van der Waals surface area (Å²) in [7, 11) is 0. The molecule has 2 rings (SSSR count). The molecular weight excluding hydrogens is 292 g/mol. The van der Waals surface area contributed by atoms with Crippen LogP contribution in [0.4, 0.5) is 5.69 Å². The van der Waals surface area contributed by atoms with Crippen LogP contribution in [0.3, 0.4) is 0 Å². The summed E-state index contributed by atoms with van der Waals surface area (Å²) in [6, 6.07) is 8.69. The molecule has 0 spiro atoms. The van der Waals surface area contributed by atoms with Crippen molar-refractivity contribution in [3.63, 3.8) is 0 Å². The maximum atomic E-state index is 9.24. The van der Waals surface area contributed by atoms with Crippen LogP contribution in [0, 0.1) is 5.92 Å². The molecule has 100 valence electrons. The van der Waals surface area contributed by atoms with Gasteiger partial charge in [-0.1, -0.05) is 19.1 Å². The molecular formula is C14H21BrN2O. The number of aliphatic hydroxyl groups excluding tert-OH is 1. The number of benzene rings is 1. The van der Waals surface area contributed by atoms with Gasteiger partial charge in [0.05, 0.1) is 5.69 Å². The Morgan fingerprint density at radius 3 is 2.89 bits per heavy atom. The van der Waals surface area contributed by atoms with Crippen LogP contribution >= 0.6 is 15.9 Å². The van der Waals surface area contributed by atoms with Crippen molar-refractivity contribution >= 4 is 21.6 Å². The van der Waals surface area contributed by atoms with Gasteiger partial charge in [-0.05, 0) is 46.9 Å². The molecule has 0 bridgehead atoms. The second-order valence-electron chi connectivity index (χ2n) is 5.03. The molecule has 18 heavy (non-hydrogen) atoms. The lowest BCUT2D eigenvalue weighted by atomic mass is 10.1. The summed E-state index contributed by atoms with van der Waals surface area (Å²) < 4.78 is 1.13. The fourth-order valence-corrected chi connectivity index (χ4v) is 3.06. The predicted octanol–water partition coefficient (Wildman–Crippen LogP) is 2.25. The van der Waals surface area contributed by atoms with Crippen molar-refractivity contribution in [2.45, 2.75) is 19.4 Å². The second-order valence-corrected chi connectivity index (χ2v) is 5.89. The largest absolute Gasteiger partial charge is 0.396 e. The minimum Gasteiger partial charge on any atom is -0.396 e. The van der Waals surface area contributed by atoms with Crippen molar-refractivity contribution in [1.82, 2.24) is 5.32 Å². The van der Waals surface area contributed by atoms with Crippen LogP contribution in [-0.4, -0.2) is 37.4 Å². The second kappa shape index (κ2) is 6.55. The van der Waals surface area contributed by atoms with Gasteiger partial charge in [0.2, 0.25) is 0 Å². The molecule has 0 amide bonds. The van der Waals surface area contributed by atoms with Gasteiger partial charge in [-0.25, -0.2) is 0 Å². The Kier molecular flexibility index (Phi) is 5.03. The number of nitrogens with one attached hydrogen (secondary N) is 1. The molecule has 4 heteroatoms. The zero-order chi connectivity index (χ0) is 13.0. The van der Waals surface area contributed by atoms with E-state index in [9.17, 15) is 5.11 Å². The van der Waals surface area contributed by atoms with Gasteiger partial charge in [0.15, 0.2) is 0 Å². The van der Waals surface area contributed by atoms with Crippen LogP contribution in [0.15, 0.2) is 28.7 Å². The van der Waals surface area contributed by atoms with Gasteiger partial charge in [0, 0.05) is 30.2 Å². The molecule has 1 fully saturated rings. The Labute approximate surface area is 117 Å². The third-order valence-corrected chi connectivity index (χ3v) is 4.12. The van der Waals surface area contributed by atoms with Gasteiger partial charge in [-0.3, -0.25) is 0 Å². The summed E-state index contributed by atoms with van der Waals surface area (Å²) in [6.45, 7) is 5.51. The van der Waals surface area contributed by atoms with Gasteiger partial charge in [-0.2, -0.15) is 0 Å². The van der Waals surface area contributed by atoms with Crippen molar-refractivity contribution in [3.05, 3.63) is 28.7 Å². The van der Waals surface area contributed by atoms with Crippen LogP contribution in [0.1, 0.15) is 13.3 Å². The number of nitrogens with zero attached hydrogens (tertiary/aromatic N) is 1. The van der Waals surface area contributed by atoms with Crippen LogP contribution in [0.25, 0.3) is 0 Å². The molecule has 1 aromatic rings. The standard InChI is InChI=1S/C14H21BrN2O/c1-11-8-16-9-12(6-7-18)17(10-11)14-5-3-2-4-13(14)15/h2-5,11-12,16,18H,6-10H2,1H3. The van der Waals surface area contributed by atoms with E-state index in [1.54, 1.807) is 0 Å². The quantitative estimate of drug-likeness (QED) is 0.898. The third kappa shape index (κ3) is 3.25. The van der Waals surface area contributed by atoms with Gasteiger partial charge >= 0.3 is 0 Å². The number of anilines is 1. The SMILES string of the molecule is CC1CNCC(CCO)N(c2ccccc2Br)C1. The van der Waals surface area contributed by atoms with Crippen LogP contribution in [0.5, 0.6) is 0 Å². The van der Waals surface area contributed by atoms with Crippen LogP contribution < -0.4 is 10.2 Å². The van der Waals surface area contributed by atoms with E-state index in [4.69, 9.17) is 0 Å². The van der Waals surface area contributed by atoms with E-state index < -0.39 is 0 Å². The van der Waals surface area contributed by atoms with E-state index >= 15 is 0 Å². The first-order valence-electron chi connectivity index (χ1n) is 6.55. The fraction of sp³-hybridized carbons (Fsp3) is 0.571. The third-order valence-electron chi connectivity index (χ3n) is 3.45. The zero-order valence-electron chi connectivity index (χ0n) is 10.8. The highest BCUT2D eigenvalue weighted by atomic mass is 79.9. The summed E-state index contributed by atoms with van der Waals surface area (Å²) in [4.78, 5) is 2.42. The van der Waals surface area contributed by atoms with Gasteiger partial charge in [0.1, 0.15) is 0 Å². The Hall–Kier alpha value is -0.580. The first-order valence-corrected chi connectivity index (χ1v) is 7.34. The van der Waals surface area contributed by atoms with E-state index in [0.29, 0.717) is 12.0 Å². The Balaban J connectivity index is 2.26. The molecule has 1 aromatic carbocycles. The summed E-state index contributed by atoms with van der Waals surface area (Å²) in [5.74, 6) is 0.612. The van der Waals surface area contributed by atoms with E-state index in [0.717, 1.165) is 30.5 Å². The van der Waals surface area contributed by atoms with E-state index in [-0.39, 0.29) is 6.61 Å². The Morgan fingerprint density at radius 1 is 1.39 bits per heavy atom. The molecule has 1 aliphatic rings. The van der Waals surface area contributed by atoms with Crippen molar-refractivity contribution in [2.75, 3.05) is 31.1 Å². The highest BCUT2D eigenvalue weighted by molar-refractivity contribution is 9.10. The average molecular weight is 313 g/mol. The molecule has 0 aromatic heterocycles. The van der Waals surface area contributed by atoms with Crippen LogP contribution in [-0.2, 0) is 0 Å². The maximum Gasteiger partial charge on any atom is 0.0513 e. The molecule has 0 aliphatic carbocycles. The molecule has 0 saturated carbocycles. The smallest absolute Gasteiger partial charge is 0.0513 e. The number of aliphatic hydroxyl groups is 1. The molecule has 2 unspecified atom stereocenters. The predicted molar refractivity (Wildman–Crippen MR) is 79.0 cm³/mol. The Morgan fingerprint density at radius 2 is 2.17 bits per heavy atom. The Bertz CT molecular complexity index is 386. The topological polar surface area (TPSA) is 35.5 Å².